The number of methoxy groups -OCH3 is 2. The van der Waals surface area contributed by atoms with Crippen LogP contribution in [-0.4, -0.2) is 108 Å². The molecule has 2 fully saturated rings. The van der Waals surface area contributed by atoms with E-state index < -0.39 is 0 Å². The van der Waals surface area contributed by atoms with Crippen molar-refractivity contribution in [3.8, 4) is 22.6 Å². The minimum absolute atomic E-state index is 0.103. The Morgan fingerprint density at radius 2 is 1.74 bits per heavy atom. The van der Waals surface area contributed by atoms with Gasteiger partial charge in [-0.25, -0.2) is 4.98 Å². The number of rotatable bonds is 11. The van der Waals surface area contributed by atoms with Crippen LogP contribution in [0.3, 0.4) is 0 Å². The number of pyridine rings is 1. The van der Waals surface area contributed by atoms with E-state index in [-0.39, 0.29) is 63.1 Å². The van der Waals surface area contributed by atoms with Gasteiger partial charge in [0.1, 0.15) is 17.1 Å². The molecule has 0 spiro atoms. The fraction of sp³-hybridized carbons (Fsp3) is 0.406. The molecule has 3 aromatic rings. The molecular weight excluding hydrogens is 649 g/mol. The first-order valence-electron chi connectivity index (χ1n) is 15.1. The highest BCUT2D eigenvalue weighted by atomic mass is 35.5. The van der Waals surface area contributed by atoms with Crippen molar-refractivity contribution in [2.24, 2.45) is 0 Å². The number of piperazine rings is 1. The topological polar surface area (TPSA) is 140 Å². The van der Waals surface area contributed by atoms with Crippen LogP contribution in [0.1, 0.15) is 6.42 Å². The number of benzene rings is 1. The largest absolute Gasteiger partial charge is 0.495 e. The molecule has 15 heteroatoms. The van der Waals surface area contributed by atoms with Crippen LogP contribution >= 0.6 is 23.2 Å². The van der Waals surface area contributed by atoms with E-state index in [0.717, 1.165) is 0 Å². The first kappa shape index (κ1) is 34.2. The van der Waals surface area contributed by atoms with Crippen LogP contribution in [0, 0.1) is 0 Å². The fourth-order valence-electron chi connectivity index (χ4n) is 5.76. The number of carbonyl (C=O) groups excluding carboxylic acids is 2. The Balaban J connectivity index is 1.55. The van der Waals surface area contributed by atoms with Gasteiger partial charge in [0.15, 0.2) is 0 Å². The number of halogens is 2. The van der Waals surface area contributed by atoms with Crippen molar-refractivity contribution in [3.05, 3.63) is 64.0 Å². The molecule has 2 saturated heterocycles. The van der Waals surface area contributed by atoms with E-state index >= 15 is 0 Å². The van der Waals surface area contributed by atoms with Crippen molar-refractivity contribution in [3.63, 3.8) is 0 Å². The second kappa shape index (κ2) is 15.2. The van der Waals surface area contributed by atoms with Gasteiger partial charge in [-0.1, -0.05) is 36.4 Å². The summed E-state index contributed by atoms with van der Waals surface area (Å²) in [6.07, 6.45) is 4.75. The summed E-state index contributed by atoms with van der Waals surface area (Å²) in [6.45, 7) is 11.1. The number of carbonyl (C=O) groups is 2. The Kier molecular flexibility index (Phi) is 11.0. The van der Waals surface area contributed by atoms with Gasteiger partial charge < -0.3 is 29.7 Å². The highest BCUT2D eigenvalue weighted by molar-refractivity contribution is 6.41. The zero-order valence-electron chi connectivity index (χ0n) is 26.3. The third kappa shape index (κ3) is 7.38. The summed E-state index contributed by atoms with van der Waals surface area (Å²) in [6, 6.07) is 2.66. The summed E-state index contributed by atoms with van der Waals surface area (Å²) in [4.78, 5) is 51.7. The Labute approximate surface area is 282 Å². The van der Waals surface area contributed by atoms with Crippen LogP contribution < -0.4 is 25.7 Å². The molecule has 250 valence electrons. The number of nitrogens with one attached hydrogen (secondary N) is 2. The van der Waals surface area contributed by atoms with E-state index in [1.165, 1.54) is 26.4 Å². The molecule has 5 rings (SSSR count). The molecular formula is C32H37Cl2N7O6. The van der Waals surface area contributed by atoms with Crippen molar-refractivity contribution in [1.29, 1.82) is 0 Å². The van der Waals surface area contributed by atoms with E-state index in [0.29, 0.717) is 74.9 Å². The third-order valence-electron chi connectivity index (χ3n) is 8.35. The highest BCUT2D eigenvalue weighted by Crippen LogP contribution is 2.45. The lowest BCUT2D eigenvalue weighted by molar-refractivity contribution is -0.127. The van der Waals surface area contributed by atoms with Crippen molar-refractivity contribution < 1.29 is 23.8 Å². The Morgan fingerprint density at radius 1 is 1.04 bits per heavy atom. The number of aromatic nitrogens is 3. The maximum atomic E-state index is 14.4. The van der Waals surface area contributed by atoms with Crippen LogP contribution in [0.5, 0.6) is 11.5 Å². The van der Waals surface area contributed by atoms with Gasteiger partial charge >= 0.3 is 0 Å². The molecule has 0 aliphatic carbocycles. The number of fused-ring (bicyclic) bond motifs is 1. The molecule has 2 atom stereocenters. The van der Waals surface area contributed by atoms with Gasteiger partial charge in [-0.2, -0.15) is 4.98 Å². The number of anilines is 1. The Bertz CT molecular complexity index is 1710. The number of nitrogens with zero attached hydrogens (tertiary/aromatic N) is 5. The third-order valence-corrected chi connectivity index (χ3v) is 9.10. The molecule has 0 radical (unpaired) electrons. The number of ether oxygens (including phenoxy) is 3. The van der Waals surface area contributed by atoms with Gasteiger partial charge in [-0.05, 0) is 24.6 Å². The zero-order chi connectivity index (χ0) is 33.7. The maximum absolute atomic E-state index is 14.4. The minimum atomic E-state index is -0.376. The van der Waals surface area contributed by atoms with E-state index in [1.807, 2.05) is 0 Å². The van der Waals surface area contributed by atoms with Crippen LogP contribution in [0.25, 0.3) is 22.2 Å². The molecule has 0 saturated carbocycles. The van der Waals surface area contributed by atoms with Gasteiger partial charge in [0.25, 0.3) is 5.56 Å². The molecule has 47 heavy (non-hydrogen) atoms. The molecule has 2 N–H and O–H groups in total. The standard InChI is InChI=1S/C32H37Cl2N7O6/c1-5-25(42)36-21-7-14-47-18-22(21)37-32-35-17-19-15-20(27-28(33)23(45-3)16-24(46-4)29(27)34)31(44)41(30(19)38-32)13-10-39-8-11-40(12-9-39)26(43)6-2/h5-6,15-17,21-22H,1-2,7-14,18H2,3-4H3,(H,36,42)(H,35,37,38). The van der Waals surface area contributed by atoms with Crippen molar-refractivity contribution in [2.45, 2.75) is 25.0 Å². The molecule has 2 unspecified atom stereocenters. The molecule has 4 heterocycles. The van der Waals surface area contributed by atoms with E-state index in [2.05, 4.69) is 33.7 Å². The first-order chi connectivity index (χ1) is 22.7. The second-order valence-corrected chi connectivity index (χ2v) is 11.8. The lowest BCUT2D eigenvalue weighted by Gasteiger charge is -2.34. The predicted octanol–water partition coefficient (Wildman–Crippen LogP) is 2.98. The van der Waals surface area contributed by atoms with E-state index in [1.54, 1.807) is 27.8 Å². The predicted molar refractivity (Wildman–Crippen MR) is 181 cm³/mol. The molecule has 2 aliphatic heterocycles. The Morgan fingerprint density at radius 3 is 2.38 bits per heavy atom. The quantitative estimate of drug-likeness (QED) is 0.290. The molecule has 13 nitrogen and oxygen atoms in total. The summed E-state index contributed by atoms with van der Waals surface area (Å²) < 4.78 is 18.1. The Hall–Kier alpha value is -4.17. The highest BCUT2D eigenvalue weighted by Gasteiger charge is 2.28. The summed E-state index contributed by atoms with van der Waals surface area (Å²) >= 11 is 13.5. The summed E-state index contributed by atoms with van der Waals surface area (Å²) in [5, 5.41) is 7.10. The van der Waals surface area contributed by atoms with Crippen molar-refractivity contribution >= 4 is 52.0 Å². The smallest absolute Gasteiger partial charge is 0.260 e. The maximum Gasteiger partial charge on any atom is 0.260 e. The molecule has 2 aliphatic rings. The van der Waals surface area contributed by atoms with Gasteiger partial charge in [0.05, 0.1) is 48.5 Å². The van der Waals surface area contributed by atoms with Crippen molar-refractivity contribution in [1.82, 2.24) is 29.7 Å². The average molecular weight is 687 g/mol. The molecule has 0 bridgehead atoms. The normalized spacial score (nSPS) is 18.4. The van der Waals surface area contributed by atoms with Gasteiger partial charge in [0, 0.05) is 69.1 Å². The minimum Gasteiger partial charge on any atom is -0.495 e. The van der Waals surface area contributed by atoms with Gasteiger partial charge in [0.2, 0.25) is 17.8 Å². The number of amides is 2. The zero-order valence-corrected chi connectivity index (χ0v) is 27.8. The summed E-state index contributed by atoms with van der Waals surface area (Å²) in [5.74, 6) is 0.468. The number of hydrogen-bond donors (Lipinski definition) is 2. The fourth-order valence-corrected chi connectivity index (χ4v) is 6.46. The molecule has 1 aromatic carbocycles. The van der Waals surface area contributed by atoms with Crippen molar-refractivity contribution in [2.75, 3.05) is 65.5 Å². The van der Waals surface area contributed by atoms with Crippen LogP contribution in [0.4, 0.5) is 5.95 Å². The van der Waals surface area contributed by atoms with E-state index in [9.17, 15) is 14.4 Å². The summed E-state index contributed by atoms with van der Waals surface area (Å²) in [5.41, 5.74) is 0.508. The van der Waals surface area contributed by atoms with Crippen LogP contribution in [-0.2, 0) is 20.9 Å². The second-order valence-electron chi connectivity index (χ2n) is 11.1. The van der Waals surface area contributed by atoms with Gasteiger partial charge in [-0.15, -0.1) is 0 Å². The lowest BCUT2D eigenvalue weighted by atomic mass is 10.0. The summed E-state index contributed by atoms with van der Waals surface area (Å²) in [7, 11) is 2.93. The SMILES string of the molecule is C=CC(=O)NC1CCOCC1Nc1ncc2cc(-c3c(Cl)c(OC)cc(OC)c3Cl)c(=O)n(CCN3CCN(C(=O)C=C)CC3)c2n1. The first-order valence-corrected chi connectivity index (χ1v) is 15.9. The average Bonchev–Trinajstić information content (AvgIpc) is 3.09. The van der Waals surface area contributed by atoms with Crippen LogP contribution in [0.15, 0.2) is 48.4 Å². The van der Waals surface area contributed by atoms with Crippen LogP contribution in [0.2, 0.25) is 10.0 Å². The van der Waals surface area contributed by atoms with E-state index in [4.69, 9.17) is 42.4 Å². The molecule has 2 aromatic heterocycles. The molecule has 2 amide bonds. The van der Waals surface area contributed by atoms with Gasteiger partial charge in [-0.3, -0.25) is 23.9 Å². The number of hydrogen-bond acceptors (Lipinski definition) is 10. The monoisotopic (exact) mass is 685 g/mol. The lowest BCUT2D eigenvalue weighted by Crippen LogP contribution is -2.52.